The molecule has 20 heavy (non-hydrogen) atoms. The van der Waals surface area contributed by atoms with Crippen molar-refractivity contribution < 1.29 is 4.42 Å². The second-order valence-corrected chi connectivity index (χ2v) is 6.45. The number of hydrogen-bond acceptors (Lipinski definition) is 3. The van der Waals surface area contributed by atoms with Crippen molar-refractivity contribution in [1.29, 1.82) is 0 Å². The topological polar surface area (TPSA) is 28.4 Å². The molecular weight excluding hydrogens is 248 g/mol. The van der Waals surface area contributed by atoms with Gasteiger partial charge >= 0.3 is 0 Å². The van der Waals surface area contributed by atoms with Gasteiger partial charge in [0.05, 0.1) is 13.1 Å². The monoisotopic (exact) mass is 278 g/mol. The van der Waals surface area contributed by atoms with Crippen LogP contribution >= 0.6 is 0 Å². The van der Waals surface area contributed by atoms with Gasteiger partial charge in [-0.15, -0.1) is 0 Å². The first kappa shape index (κ1) is 15.6. The van der Waals surface area contributed by atoms with Crippen LogP contribution in [0.25, 0.3) is 0 Å². The molecule has 1 aromatic rings. The number of unbranched alkanes of at least 4 members (excludes halogenated alkanes) is 1. The Labute approximate surface area is 123 Å². The smallest absolute Gasteiger partial charge is 0.118 e. The van der Waals surface area contributed by atoms with Gasteiger partial charge in [0.1, 0.15) is 11.5 Å². The molecule has 3 heteroatoms. The second-order valence-electron chi connectivity index (χ2n) is 6.45. The lowest BCUT2D eigenvalue weighted by molar-refractivity contribution is 0.227. The Bertz CT molecular complexity index is 382. The van der Waals surface area contributed by atoms with Gasteiger partial charge in [0.2, 0.25) is 0 Å². The first-order valence-corrected chi connectivity index (χ1v) is 8.21. The van der Waals surface area contributed by atoms with Gasteiger partial charge in [-0.25, -0.2) is 0 Å². The molecule has 0 unspecified atom stereocenters. The highest BCUT2D eigenvalue weighted by Gasteiger charge is 2.28. The van der Waals surface area contributed by atoms with E-state index in [1.54, 1.807) is 0 Å². The van der Waals surface area contributed by atoms with E-state index in [2.05, 4.69) is 43.1 Å². The summed E-state index contributed by atoms with van der Waals surface area (Å²) in [5.74, 6) is 2.87. The molecule has 2 rings (SSSR count). The standard InChI is InChI=1S/C17H30N2O/c1-4-5-10-19(15-6-7-15)13-17-9-8-16(20-17)12-18-11-14(2)3/h8-9,14-15,18H,4-7,10-13H2,1-3H3. The zero-order valence-electron chi connectivity index (χ0n) is 13.3. The van der Waals surface area contributed by atoms with E-state index in [0.29, 0.717) is 5.92 Å². The molecule has 1 aromatic heterocycles. The predicted octanol–water partition coefficient (Wildman–Crippen LogP) is 3.79. The molecule has 1 N–H and O–H groups in total. The minimum Gasteiger partial charge on any atom is -0.463 e. The normalized spacial score (nSPS) is 15.4. The molecule has 3 nitrogen and oxygen atoms in total. The van der Waals surface area contributed by atoms with Crippen molar-refractivity contribution in [2.45, 2.75) is 65.6 Å². The van der Waals surface area contributed by atoms with E-state index in [1.165, 1.54) is 32.2 Å². The van der Waals surface area contributed by atoms with E-state index < -0.39 is 0 Å². The van der Waals surface area contributed by atoms with Crippen LogP contribution in [0.5, 0.6) is 0 Å². The van der Waals surface area contributed by atoms with Gasteiger partial charge in [0.25, 0.3) is 0 Å². The van der Waals surface area contributed by atoms with Crippen LogP contribution in [0.15, 0.2) is 16.5 Å². The van der Waals surface area contributed by atoms with E-state index in [0.717, 1.165) is 37.2 Å². The van der Waals surface area contributed by atoms with Crippen molar-refractivity contribution in [3.05, 3.63) is 23.7 Å². The summed E-state index contributed by atoms with van der Waals surface area (Å²) >= 11 is 0. The van der Waals surface area contributed by atoms with Crippen LogP contribution in [-0.4, -0.2) is 24.0 Å². The summed E-state index contributed by atoms with van der Waals surface area (Å²) in [6.07, 6.45) is 5.30. The number of hydrogen-bond donors (Lipinski definition) is 1. The van der Waals surface area contributed by atoms with Crippen molar-refractivity contribution in [3.8, 4) is 0 Å². The maximum Gasteiger partial charge on any atom is 0.118 e. The summed E-state index contributed by atoms with van der Waals surface area (Å²) in [6, 6.07) is 5.08. The first-order valence-electron chi connectivity index (χ1n) is 8.21. The molecule has 0 aliphatic heterocycles. The van der Waals surface area contributed by atoms with Crippen LogP contribution in [0.3, 0.4) is 0 Å². The SMILES string of the molecule is CCCCN(Cc1ccc(CNCC(C)C)o1)C1CC1. The fourth-order valence-corrected chi connectivity index (χ4v) is 2.48. The first-order chi connectivity index (χ1) is 9.69. The average Bonchev–Trinajstić information content (AvgIpc) is 3.16. The maximum atomic E-state index is 5.95. The highest BCUT2D eigenvalue weighted by Crippen LogP contribution is 2.28. The van der Waals surface area contributed by atoms with Gasteiger partial charge in [-0.05, 0) is 50.4 Å². The third-order valence-corrected chi connectivity index (χ3v) is 3.79. The Morgan fingerprint density at radius 1 is 1.30 bits per heavy atom. The molecule has 1 aliphatic carbocycles. The second kappa shape index (κ2) is 7.84. The van der Waals surface area contributed by atoms with Gasteiger partial charge in [-0.3, -0.25) is 4.90 Å². The Morgan fingerprint density at radius 3 is 2.70 bits per heavy atom. The van der Waals surface area contributed by atoms with Crippen LogP contribution in [-0.2, 0) is 13.1 Å². The Kier molecular flexibility index (Phi) is 6.11. The van der Waals surface area contributed by atoms with E-state index in [4.69, 9.17) is 4.42 Å². The fraction of sp³-hybridized carbons (Fsp3) is 0.765. The third kappa shape index (κ3) is 5.29. The predicted molar refractivity (Wildman–Crippen MR) is 83.6 cm³/mol. The maximum absolute atomic E-state index is 5.95. The molecule has 0 atom stereocenters. The summed E-state index contributed by atoms with van der Waals surface area (Å²) in [5, 5.41) is 3.43. The lowest BCUT2D eigenvalue weighted by Crippen LogP contribution is -2.26. The molecular formula is C17H30N2O. The van der Waals surface area contributed by atoms with Crippen molar-refractivity contribution in [1.82, 2.24) is 10.2 Å². The van der Waals surface area contributed by atoms with E-state index in [1.807, 2.05) is 0 Å². The van der Waals surface area contributed by atoms with Crippen molar-refractivity contribution in [2.75, 3.05) is 13.1 Å². The van der Waals surface area contributed by atoms with Crippen LogP contribution in [0, 0.1) is 5.92 Å². The summed E-state index contributed by atoms with van der Waals surface area (Å²) in [6.45, 7) is 10.8. The lowest BCUT2D eigenvalue weighted by atomic mass is 10.2. The number of rotatable bonds is 10. The minimum absolute atomic E-state index is 0.684. The average molecular weight is 278 g/mol. The molecule has 0 saturated heterocycles. The molecule has 1 fully saturated rings. The number of furan rings is 1. The van der Waals surface area contributed by atoms with E-state index in [-0.39, 0.29) is 0 Å². The fourth-order valence-electron chi connectivity index (χ4n) is 2.48. The molecule has 0 bridgehead atoms. The minimum atomic E-state index is 0.684. The molecule has 114 valence electrons. The summed E-state index contributed by atoms with van der Waals surface area (Å²) < 4.78 is 5.95. The summed E-state index contributed by atoms with van der Waals surface area (Å²) in [7, 11) is 0. The molecule has 0 spiro atoms. The largest absolute Gasteiger partial charge is 0.463 e. The summed E-state index contributed by atoms with van der Waals surface area (Å²) in [4.78, 5) is 2.59. The lowest BCUT2D eigenvalue weighted by Gasteiger charge is -2.20. The molecule has 1 aliphatic rings. The summed E-state index contributed by atoms with van der Waals surface area (Å²) in [5.41, 5.74) is 0. The quantitative estimate of drug-likeness (QED) is 0.706. The van der Waals surface area contributed by atoms with Gasteiger partial charge in [-0.1, -0.05) is 27.2 Å². The van der Waals surface area contributed by atoms with E-state index in [9.17, 15) is 0 Å². The Morgan fingerprint density at radius 2 is 2.05 bits per heavy atom. The van der Waals surface area contributed by atoms with Crippen LogP contribution in [0.1, 0.15) is 58.0 Å². The van der Waals surface area contributed by atoms with Gasteiger partial charge in [0.15, 0.2) is 0 Å². The van der Waals surface area contributed by atoms with Crippen LogP contribution in [0.2, 0.25) is 0 Å². The molecule has 0 aromatic carbocycles. The van der Waals surface area contributed by atoms with Gasteiger partial charge in [0, 0.05) is 6.04 Å². The third-order valence-electron chi connectivity index (χ3n) is 3.79. The highest BCUT2D eigenvalue weighted by atomic mass is 16.3. The van der Waals surface area contributed by atoms with Crippen LogP contribution in [0.4, 0.5) is 0 Å². The Balaban J connectivity index is 1.78. The van der Waals surface area contributed by atoms with E-state index >= 15 is 0 Å². The number of nitrogens with zero attached hydrogens (tertiary/aromatic N) is 1. The molecule has 1 saturated carbocycles. The molecule has 0 radical (unpaired) electrons. The van der Waals surface area contributed by atoms with Crippen molar-refractivity contribution in [3.63, 3.8) is 0 Å². The van der Waals surface area contributed by atoms with Crippen LogP contribution < -0.4 is 5.32 Å². The van der Waals surface area contributed by atoms with Gasteiger partial charge < -0.3 is 9.73 Å². The number of nitrogens with one attached hydrogen (secondary N) is 1. The molecule has 1 heterocycles. The zero-order chi connectivity index (χ0) is 14.4. The Hall–Kier alpha value is -0.800. The molecule has 0 amide bonds. The highest BCUT2D eigenvalue weighted by molar-refractivity contribution is 5.07. The van der Waals surface area contributed by atoms with Crippen molar-refractivity contribution in [2.24, 2.45) is 5.92 Å². The van der Waals surface area contributed by atoms with Gasteiger partial charge in [-0.2, -0.15) is 0 Å². The zero-order valence-corrected chi connectivity index (χ0v) is 13.3. The van der Waals surface area contributed by atoms with Crippen molar-refractivity contribution >= 4 is 0 Å².